The standard InChI is InChI=1S/C26H44O5/c1-15(6-9-21(28)30-4)17-7-8-18-22-19(11-13-25(17,18)2)26(3)12-10-16(27)14-20(26)24(31-5)23(22)29/h15-20,22-24,27,29H,6-14H2,1-5H3/t15-,16-,17-,18+,19+,20+,22+,23+,24-,25-,26-/m1/s1. The van der Waals surface area contributed by atoms with Crippen molar-refractivity contribution in [3.63, 3.8) is 0 Å². The number of hydrogen-bond donors (Lipinski definition) is 2. The number of carbonyl (C=O) groups excluding carboxylic acids is 1. The number of aliphatic hydroxyl groups excluding tert-OH is 2. The van der Waals surface area contributed by atoms with E-state index in [1.807, 2.05) is 0 Å². The molecule has 0 aromatic heterocycles. The Kier molecular flexibility index (Phi) is 6.53. The Morgan fingerprint density at radius 1 is 1.00 bits per heavy atom. The lowest BCUT2D eigenvalue weighted by Gasteiger charge is -2.64. The van der Waals surface area contributed by atoms with Crippen LogP contribution in [0.15, 0.2) is 0 Å². The molecule has 0 amide bonds. The summed E-state index contributed by atoms with van der Waals surface area (Å²) in [5.41, 5.74) is 0.354. The fourth-order valence-electron chi connectivity index (χ4n) is 9.14. The molecule has 0 spiro atoms. The van der Waals surface area contributed by atoms with Crippen LogP contribution in [0.5, 0.6) is 0 Å². The minimum Gasteiger partial charge on any atom is -0.469 e. The highest BCUT2D eigenvalue weighted by atomic mass is 16.5. The van der Waals surface area contributed by atoms with E-state index in [-0.39, 0.29) is 40.8 Å². The van der Waals surface area contributed by atoms with Gasteiger partial charge in [-0.05, 0) is 97.7 Å². The van der Waals surface area contributed by atoms with E-state index >= 15 is 0 Å². The largest absolute Gasteiger partial charge is 0.469 e. The van der Waals surface area contributed by atoms with Crippen molar-refractivity contribution in [3.05, 3.63) is 0 Å². The second-order valence-electron chi connectivity index (χ2n) is 11.8. The summed E-state index contributed by atoms with van der Waals surface area (Å²) in [5, 5.41) is 22.0. The van der Waals surface area contributed by atoms with Gasteiger partial charge in [0.25, 0.3) is 0 Å². The van der Waals surface area contributed by atoms with Crippen molar-refractivity contribution < 1.29 is 24.5 Å². The van der Waals surface area contributed by atoms with Crippen LogP contribution in [-0.2, 0) is 14.3 Å². The van der Waals surface area contributed by atoms with Crippen molar-refractivity contribution in [3.8, 4) is 0 Å². The highest BCUT2D eigenvalue weighted by molar-refractivity contribution is 5.69. The van der Waals surface area contributed by atoms with E-state index in [1.165, 1.54) is 26.4 Å². The Bertz CT molecular complexity index is 666. The van der Waals surface area contributed by atoms with Gasteiger partial charge in [-0.2, -0.15) is 0 Å². The average molecular weight is 437 g/mol. The molecule has 0 bridgehead atoms. The van der Waals surface area contributed by atoms with E-state index in [0.29, 0.717) is 30.1 Å². The second-order valence-corrected chi connectivity index (χ2v) is 11.8. The fourth-order valence-corrected chi connectivity index (χ4v) is 9.14. The lowest BCUT2D eigenvalue weighted by atomic mass is 9.43. The summed E-state index contributed by atoms with van der Waals surface area (Å²) in [7, 11) is 3.21. The molecule has 0 aromatic rings. The van der Waals surface area contributed by atoms with Gasteiger partial charge in [0.15, 0.2) is 0 Å². The molecule has 4 aliphatic rings. The number of fused-ring (bicyclic) bond motifs is 5. The molecule has 4 saturated carbocycles. The van der Waals surface area contributed by atoms with Crippen LogP contribution >= 0.6 is 0 Å². The molecule has 0 radical (unpaired) electrons. The molecule has 0 saturated heterocycles. The Labute approximate surface area is 188 Å². The molecule has 4 fully saturated rings. The Morgan fingerprint density at radius 3 is 2.35 bits per heavy atom. The van der Waals surface area contributed by atoms with Crippen LogP contribution in [0.2, 0.25) is 0 Å². The molecule has 0 aromatic carbocycles. The smallest absolute Gasteiger partial charge is 0.305 e. The lowest BCUT2D eigenvalue weighted by molar-refractivity contribution is -0.230. The molecule has 5 heteroatoms. The van der Waals surface area contributed by atoms with Gasteiger partial charge in [-0.15, -0.1) is 0 Å². The normalized spacial score (nSPS) is 50.2. The summed E-state index contributed by atoms with van der Waals surface area (Å²) in [5.74, 6) is 2.49. The van der Waals surface area contributed by atoms with Gasteiger partial charge in [-0.25, -0.2) is 0 Å². The number of ether oxygens (including phenoxy) is 2. The van der Waals surface area contributed by atoms with Crippen LogP contribution in [0.1, 0.15) is 78.6 Å². The zero-order valence-corrected chi connectivity index (χ0v) is 20.2. The average Bonchev–Trinajstić information content (AvgIpc) is 3.10. The van der Waals surface area contributed by atoms with Crippen molar-refractivity contribution in [2.45, 2.75) is 96.9 Å². The molecule has 4 aliphatic carbocycles. The summed E-state index contributed by atoms with van der Waals surface area (Å²) in [6.45, 7) is 7.20. The van der Waals surface area contributed by atoms with Crippen molar-refractivity contribution in [2.75, 3.05) is 14.2 Å². The SMILES string of the molecule is COC(=O)CC[C@@H](C)[C@H]1CC[C@H]2[C@@H]3[C@H](O)[C@H](OC)[C@@H]4C[C@H](O)CC[C@]4(C)[C@H]3CC[C@]12C. The van der Waals surface area contributed by atoms with E-state index in [4.69, 9.17) is 9.47 Å². The zero-order valence-electron chi connectivity index (χ0n) is 20.2. The van der Waals surface area contributed by atoms with E-state index in [0.717, 1.165) is 32.1 Å². The molecular weight excluding hydrogens is 392 g/mol. The summed E-state index contributed by atoms with van der Waals surface area (Å²) < 4.78 is 10.8. The molecular formula is C26H44O5. The van der Waals surface area contributed by atoms with E-state index < -0.39 is 6.10 Å². The first-order chi connectivity index (χ1) is 14.7. The van der Waals surface area contributed by atoms with Gasteiger partial charge >= 0.3 is 5.97 Å². The molecule has 178 valence electrons. The maximum atomic E-state index is 11.7. The van der Waals surface area contributed by atoms with E-state index in [9.17, 15) is 15.0 Å². The van der Waals surface area contributed by atoms with Crippen LogP contribution in [0.4, 0.5) is 0 Å². The number of esters is 1. The van der Waals surface area contributed by atoms with Gasteiger partial charge in [0, 0.05) is 13.5 Å². The van der Waals surface area contributed by atoms with Gasteiger partial charge in [0.05, 0.1) is 25.4 Å². The zero-order chi connectivity index (χ0) is 22.6. The number of carbonyl (C=O) groups is 1. The predicted octanol–water partition coefficient (Wildman–Crippen LogP) is 4.19. The molecule has 31 heavy (non-hydrogen) atoms. The van der Waals surface area contributed by atoms with Gasteiger partial charge in [0.2, 0.25) is 0 Å². The Hall–Kier alpha value is -0.650. The van der Waals surface area contributed by atoms with Crippen molar-refractivity contribution in [1.29, 1.82) is 0 Å². The maximum absolute atomic E-state index is 11.7. The van der Waals surface area contributed by atoms with E-state index in [1.54, 1.807) is 7.11 Å². The molecule has 4 rings (SSSR count). The van der Waals surface area contributed by atoms with Gasteiger partial charge in [0.1, 0.15) is 0 Å². The van der Waals surface area contributed by atoms with Gasteiger partial charge in [-0.3, -0.25) is 4.79 Å². The maximum Gasteiger partial charge on any atom is 0.305 e. The molecule has 0 heterocycles. The van der Waals surface area contributed by atoms with Crippen molar-refractivity contribution >= 4 is 5.97 Å². The highest BCUT2D eigenvalue weighted by Gasteiger charge is 2.65. The van der Waals surface area contributed by atoms with Crippen molar-refractivity contribution in [1.82, 2.24) is 0 Å². The molecule has 11 atom stereocenters. The van der Waals surface area contributed by atoms with Crippen molar-refractivity contribution in [2.24, 2.45) is 46.3 Å². The van der Waals surface area contributed by atoms with E-state index in [2.05, 4.69) is 20.8 Å². The lowest BCUT2D eigenvalue weighted by Crippen LogP contribution is -2.64. The van der Waals surface area contributed by atoms with Crippen LogP contribution in [0.25, 0.3) is 0 Å². The Morgan fingerprint density at radius 2 is 1.68 bits per heavy atom. The summed E-state index contributed by atoms with van der Waals surface area (Å²) >= 11 is 0. The fraction of sp³-hybridized carbons (Fsp3) is 0.962. The predicted molar refractivity (Wildman–Crippen MR) is 119 cm³/mol. The second kappa shape index (κ2) is 8.61. The van der Waals surface area contributed by atoms with Crippen LogP contribution in [0, 0.1) is 46.3 Å². The minimum absolute atomic E-state index is 0.112. The molecule has 2 N–H and O–H groups in total. The topological polar surface area (TPSA) is 76.0 Å². The number of aliphatic hydroxyl groups is 2. The monoisotopic (exact) mass is 436 g/mol. The third-order valence-corrected chi connectivity index (χ3v) is 10.8. The third-order valence-electron chi connectivity index (χ3n) is 10.8. The number of rotatable bonds is 5. The third kappa shape index (κ3) is 3.67. The first kappa shape index (κ1) is 23.5. The van der Waals surface area contributed by atoms with Gasteiger partial charge < -0.3 is 19.7 Å². The summed E-state index contributed by atoms with van der Waals surface area (Å²) in [6.07, 6.45) is 7.88. The molecule has 5 nitrogen and oxygen atoms in total. The number of hydrogen-bond acceptors (Lipinski definition) is 5. The summed E-state index contributed by atoms with van der Waals surface area (Å²) in [4.78, 5) is 11.7. The first-order valence-corrected chi connectivity index (χ1v) is 12.6. The van der Waals surface area contributed by atoms with Crippen LogP contribution in [0.3, 0.4) is 0 Å². The highest BCUT2D eigenvalue weighted by Crippen LogP contribution is 2.68. The minimum atomic E-state index is -0.452. The quantitative estimate of drug-likeness (QED) is 0.632. The van der Waals surface area contributed by atoms with Gasteiger partial charge in [-0.1, -0.05) is 20.8 Å². The summed E-state index contributed by atoms with van der Waals surface area (Å²) in [6, 6.07) is 0. The molecule has 0 aliphatic heterocycles. The van der Waals surface area contributed by atoms with Crippen LogP contribution < -0.4 is 0 Å². The first-order valence-electron chi connectivity index (χ1n) is 12.6. The Balaban J connectivity index is 1.58. The molecule has 0 unspecified atom stereocenters. The van der Waals surface area contributed by atoms with Crippen LogP contribution in [-0.4, -0.2) is 48.7 Å². The number of methoxy groups -OCH3 is 2.